The molecule has 1 aliphatic heterocycles. The summed E-state index contributed by atoms with van der Waals surface area (Å²) >= 11 is 1.42. The fraction of sp³-hybridized carbons (Fsp3) is 0.261. The van der Waals surface area contributed by atoms with Crippen LogP contribution in [-0.2, 0) is 9.53 Å². The first-order valence-electron chi connectivity index (χ1n) is 9.91. The number of methoxy groups -OCH3 is 1. The second kappa shape index (κ2) is 8.47. The van der Waals surface area contributed by atoms with Gasteiger partial charge in [0.05, 0.1) is 29.8 Å². The van der Waals surface area contributed by atoms with E-state index in [0.717, 1.165) is 33.3 Å². The quantitative estimate of drug-likeness (QED) is 0.414. The molecule has 0 aliphatic carbocycles. The summed E-state index contributed by atoms with van der Waals surface area (Å²) in [5.41, 5.74) is 6.85. The Balaban J connectivity index is 1.69. The predicted octanol–water partition coefficient (Wildman–Crippen LogP) is 4.06. The maximum absolute atomic E-state index is 12.7. The first-order chi connectivity index (χ1) is 14.9. The lowest BCUT2D eigenvalue weighted by atomic mass is 9.91. The molecule has 0 fully saturated rings. The number of aryl methyl sites for hydroxylation is 3. The molecule has 8 heteroatoms. The molecule has 2 amide bonds. The molecule has 3 aromatic rings. The van der Waals surface area contributed by atoms with Gasteiger partial charge in [0.15, 0.2) is 5.16 Å². The largest absolute Gasteiger partial charge is 0.466 e. The number of urea groups is 1. The number of esters is 1. The second-order valence-corrected chi connectivity index (χ2v) is 8.59. The summed E-state index contributed by atoms with van der Waals surface area (Å²) < 4.78 is 5.06. The number of hydrogen-bond acceptors (Lipinski definition) is 5. The van der Waals surface area contributed by atoms with Crippen LogP contribution in [0.25, 0.3) is 11.0 Å². The number of ether oxygens (including phenoxy) is 1. The van der Waals surface area contributed by atoms with Crippen molar-refractivity contribution in [1.82, 2.24) is 20.6 Å². The smallest absolute Gasteiger partial charge is 0.338 e. The van der Waals surface area contributed by atoms with E-state index in [9.17, 15) is 9.59 Å². The Labute approximate surface area is 184 Å². The zero-order chi connectivity index (χ0) is 22.1. The van der Waals surface area contributed by atoms with Crippen LogP contribution in [0.15, 0.2) is 52.8 Å². The first kappa shape index (κ1) is 21.0. The van der Waals surface area contributed by atoms with Crippen LogP contribution in [0.4, 0.5) is 4.79 Å². The van der Waals surface area contributed by atoms with Crippen LogP contribution in [-0.4, -0.2) is 34.8 Å². The molecule has 7 nitrogen and oxygen atoms in total. The van der Waals surface area contributed by atoms with Gasteiger partial charge in [0.2, 0.25) is 0 Å². The van der Waals surface area contributed by atoms with Crippen LogP contribution >= 0.6 is 11.8 Å². The highest BCUT2D eigenvalue weighted by atomic mass is 32.2. The minimum atomic E-state index is -0.587. The molecule has 0 bridgehead atoms. The lowest BCUT2D eigenvalue weighted by Gasteiger charge is -2.30. The van der Waals surface area contributed by atoms with Crippen molar-refractivity contribution in [3.8, 4) is 0 Å². The monoisotopic (exact) mass is 436 g/mol. The highest BCUT2D eigenvalue weighted by molar-refractivity contribution is 7.99. The second-order valence-electron chi connectivity index (χ2n) is 7.63. The molecule has 0 unspecified atom stereocenters. The number of nitrogens with one attached hydrogen (secondary N) is 3. The summed E-state index contributed by atoms with van der Waals surface area (Å²) in [6.07, 6.45) is 0. The van der Waals surface area contributed by atoms with Crippen molar-refractivity contribution >= 4 is 34.8 Å². The van der Waals surface area contributed by atoms with Gasteiger partial charge in [0.25, 0.3) is 0 Å². The third-order valence-corrected chi connectivity index (χ3v) is 6.16. The summed E-state index contributed by atoms with van der Waals surface area (Å²) in [5, 5.41) is 6.38. The summed E-state index contributed by atoms with van der Waals surface area (Å²) in [4.78, 5) is 33.0. The highest BCUT2D eigenvalue weighted by Crippen LogP contribution is 2.32. The van der Waals surface area contributed by atoms with Gasteiger partial charge in [-0.2, -0.15) is 0 Å². The Bertz CT molecular complexity index is 1210. The van der Waals surface area contributed by atoms with Crippen LogP contribution < -0.4 is 10.6 Å². The number of thioether (sulfide) groups is 1. The van der Waals surface area contributed by atoms with Crippen LogP contribution in [0.1, 0.15) is 28.3 Å². The minimum absolute atomic E-state index is 0.353. The van der Waals surface area contributed by atoms with Crippen LogP contribution in [0.3, 0.4) is 0 Å². The van der Waals surface area contributed by atoms with Gasteiger partial charge in [0.1, 0.15) is 0 Å². The summed E-state index contributed by atoms with van der Waals surface area (Å²) in [5.74, 6) is -0.119. The number of nitrogens with zero attached hydrogens (tertiary/aromatic N) is 1. The molecule has 2 heterocycles. The molecular weight excluding hydrogens is 412 g/mol. The maximum atomic E-state index is 12.7. The lowest BCUT2D eigenvalue weighted by Crippen LogP contribution is -2.46. The van der Waals surface area contributed by atoms with E-state index in [1.54, 1.807) is 0 Å². The molecule has 31 heavy (non-hydrogen) atoms. The Morgan fingerprint density at radius 3 is 2.61 bits per heavy atom. The number of amides is 2. The zero-order valence-electron chi connectivity index (χ0n) is 17.8. The van der Waals surface area contributed by atoms with Gasteiger partial charge in [0, 0.05) is 11.4 Å². The minimum Gasteiger partial charge on any atom is -0.466 e. The summed E-state index contributed by atoms with van der Waals surface area (Å²) in [6.45, 7) is 6.00. The number of fused-ring (bicyclic) bond motifs is 1. The number of benzene rings is 2. The van der Waals surface area contributed by atoms with E-state index < -0.39 is 12.0 Å². The fourth-order valence-corrected chi connectivity index (χ4v) is 4.63. The van der Waals surface area contributed by atoms with E-state index in [4.69, 9.17) is 4.74 Å². The Morgan fingerprint density at radius 2 is 1.87 bits per heavy atom. The van der Waals surface area contributed by atoms with Crippen molar-refractivity contribution in [1.29, 1.82) is 0 Å². The van der Waals surface area contributed by atoms with E-state index in [0.29, 0.717) is 22.2 Å². The molecular formula is C23H24N4O3S. The van der Waals surface area contributed by atoms with Gasteiger partial charge in [-0.05, 0) is 49.6 Å². The van der Waals surface area contributed by atoms with Crippen molar-refractivity contribution in [3.63, 3.8) is 0 Å². The standard InChI is InChI=1S/C23H24N4O3S/c1-12-5-7-15(14(3)9-12)20-19(21(28)30-4)18(24-22(29)27-20)11-31-23-25-16-8-6-13(2)10-17(16)26-23/h5-10,20H,11H2,1-4H3,(H,25,26)(H2,24,27,29)/t20-/m1/s1. The number of H-pyrrole nitrogens is 1. The fourth-order valence-electron chi connectivity index (χ4n) is 3.77. The van der Waals surface area contributed by atoms with Crippen molar-refractivity contribution in [2.24, 2.45) is 0 Å². The number of imidazole rings is 1. The zero-order valence-corrected chi connectivity index (χ0v) is 18.6. The molecule has 0 spiro atoms. The van der Waals surface area contributed by atoms with Gasteiger partial charge in [-0.25, -0.2) is 14.6 Å². The SMILES string of the molecule is COC(=O)C1=C(CSc2nc3ccc(C)cc3[nH]2)NC(=O)N[C@@H]1c1ccc(C)cc1C. The molecule has 3 N–H and O–H groups in total. The van der Waals surface area contributed by atoms with Gasteiger partial charge in [-0.1, -0.05) is 41.6 Å². The van der Waals surface area contributed by atoms with Gasteiger partial charge in [-0.15, -0.1) is 0 Å². The Kier molecular flexibility index (Phi) is 5.73. The number of carbonyl (C=O) groups excluding carboxylic acids is 2. The predicted molar refractivity (Wildman–Crippen MR) is 121 cm³/mol. The summed E-state index contributed by atoms with van der Waals surface area (Å²) in [6, 6.07) is 11.0. The highest BCUT2D eigenvalue weighted by Gasteiger charge is 2.34. The molecule has 1 aromatic heterocycles. The molecule has 2 aromatic carbocycles. The topological polar surface area (TPSA) is 96.1 Å². The van der Waals surface area contributed by atoms with E-state index in [1.165, 1.54) is 18.9 Å². The third-order valence-electron chi connectivity index (χ3n) is 5.26. The van der Waals surface area contributed by atoms with E-state index in [1.807, 2.05) is 57.2 Å². The normalized spacial score (nSPS) is 16.3. The number of hydrogen-bond donors (Lipinski definition) is 3. The average molecular weight is 437 g/mol. The molecule has 160 valence electrons. The van der Waals surface area contributed by atoms with Crippen molar-refractivity contribution < 1.29 is 14.3 Å². The summed E-state index contributed by atoms with van der Waals surface area (Å²) in [7, 11) is 1.34. The number of aromatic amines is 1. The number of rotatable bonds is 5. The lowest BCUT2D eigenvalue weighted by molar-refractivity contribution is -0.136. The van der Waals surface area contributed by atoms with Crippen LogP contribution in [0.2, 0.25) is 0 Å². The Hall–Kier alpha value is -3.26. The number of carbonyl (C=O) groups is 2. The van der Waals surface area contributed by atoms with Gasteiger partial charge >= 0.3 is 12.0 Å². The van der Waals surface area contributed by atoms with Gasteiger partial charge < -0.3 is 20.4 Å². The van der Waals surface area contributed by atoms with E-state index in [-0.39, 0.29) is 6.03 Å². The molecule has 0 saturated carbocycles. The molecule has 4 rings (SSSR count). The molecule has 0 radical (unpaired) electrons. The van der Waals surface area contributed by atoms with Crippen LogP contribution in [0, 0.1) is 20.8 Å². The van der Waals surface area contributed by atoms with Crippen LogP contribution in [0.5, 0.6) is 0 Å². The van der Waals surface area contributed by atoms with E-state index >= 15 is 0 Å². The first-order valence-corrected chi connectivity index (χ1v) is 10.9. The maximum Gasteiger partial charge on any atom is 0.338 e. The molecule has 0 saturated heterocycles. The average Bonchev–Trinajstić information content (AvgIpc) is 3.13. The third kappa shape index (κ3) is 4.29. The van der Waals surface area contributed by atoms with E-state index in [2.05, 4.69) is 20.6 Å². The molecule has 1 aliphatic rings. The van der Waals surface area contributed by atoms with Crippen molar-refractivity contribution in [2.45, 2.75) is 32.0 Å². The Morgan fingerprint density at radius 1 is 1.13 bits per heavy atom. The molecule has 1 atom stereocenters. The van der Waals surface area contributed by atoms with Crippen molar-refractivity contribution in [2.75, 3.05) is 12.9 Å². The van der Waals surface area contributed by atoms with Gasteiger partial charge in [-0.3, -0.25) is 0 Å². The van der Waals surface area contributed by atoms with Crippen molar-refractivity contribution in [3.05, 3.63) is 69.9 Å². The number of aromatic nitrogens is 2.